The van der Waals surface area contributed by atoms with Crippen LogP contribution in [0.15, 0.2) is 54.6 Å². The number of carboxylic acid groups (broad SMARTS) is 1. The lowest BCUT2D eigenvalue weighted by Gasteiger charge is -2.32. The lowest BCUT2D eigenvalue weighted by atomic mass is 9.82. The van der Waals surface area contributed by atoms with Gasteiger partial charge in [0.15, 0.2) is 0 Å². The normalized spacial score (nSPS) is 19.9. The first-order valence-electron chi connectivity index (χ1n) is 8.06. The number of nitrogens with zero attached hydrogens (tertiary/aromatic N) is 1. The first-order valence-corrected chi connectivity index (χ1v) is 8.06. The number of hydrogen-bond donors (Lipinski definition) is 2. The van der Waals surface area contributed by atoms with Gasteiger partial charge in [-0.15, -0.1) is 0 Å². The molecule has 4 nitrogen and oxygen atoms in total. The van der Waals surface area contributed by atoms with Crippen LogP contribution in [-0.4, -0.2) is 39.9 Å². The van der Waals surface area contributed by atoms with E-state index in [2.05, 4.69) is 0 Å². The van der Waals surface area contributed by atoms with E-state index in [0.717, 1.165) is 5.56 Å². The average Bonchev–Trinajstić information content (AvgIpc) is 3.08. The third-order valence-corrected chi connectivity index (χ3v) is 4.68. The molecule has 1 aliphatic rings. The lowest BCUT2D eigenvalue weighted by Crippen LogP contribution is -2.45. The van der Waals surface area contributed by atoms with Gasteiger partial charge in [0.2, 0.25) is 0 Å². The molecule has 126 valence electrons. The van der Waals surface area contributed by atoms with Crippen molar-refractivity contribution in [2.75, 3.05) is 6.54 Å². The molecule has 5 heteroatoms. The van der Waals surface area contributed by atoms with Gasteiger partial charge in [0, 0.05) is 12.5 Å². The van der Waals surface area contributed by atoms with Crippen molar-refractivity contribution in [2.45, 2.75) is 30.9 Å². The zero-order valence-corrected chi connectivity index (χ0v) is 13.2. The van der Waals surface area contributed by atoms with E-state index >= 15 is 0 Å². The molecule has 2 aromatic rings. The van der Waals surface area contributed by atoms with Crippen LogP contribution in [0, 0.1) is 5.82 Å². The molecule has 1 heterocycles. The smallest absolute Gasteiger partial charge is 0.407 e. The van der Waals surface area contributed by atoms with Crippen molar-refractivity contribution >= 4 is 6.09 Å². The van der Waals surface area contributed by atoms with Gasteiger partial charge in [0.05, 0.1) is 12.1 Å². The van der Waals surface area contributed by atoms with Gasteiger partial charge in [-0.1, -0.05) is 48.5 Å². The minimum absolute atomic E-state index is 0.383. The number of aliphatic hydroxyl groups is 1. The highest BCUT2D eigenvalue weighted by Gasteiger charge is 2.39. The van der Waals surface area contributed by atoms with E-state index in [4.69, 9.17) is 0 Å². The summed E-state index contributed by atoms with van der Waals surface area (Å²) in [7, 11) is 0. The summed E-state index contributed by atoms with van der Waals surface area (Å²) in [6.45, 7) is 0.399. The van der Waals surface area contributed by atoms with E-state index in [9.17, 15) is 19.4 Å². The molecule has 3 rings (SSSR count). The summed E-state index contributed by atoms with van der Waals surface area (Å²) in [6, 6.07) is 15.0. The molecule has 24 heavy (non-hydrogen) atoms. The van der Waals surface area contributed by atoms with E-state index < -0.39 is 30.0 Å². The summed E-state index contributed by atoms with van der Waals surface area (Å²) in [4.78, 5) is 12.7. The van der Waals surface area contributed by atoms with Crippen LogP contribution < -0.4 is 0 Å². The quantitative estimate of drug-likeness (QED) is 0.903. The zero-order valence-electron chi connectivity index (χ0n) is 13.2. The number of halogens is 1. The molecule has 3 atom stereocenters. The van der Waals surface area contributed by atoms with E-state index in [1.165, 1.54) is 11.0 Å². The minimum atomic E-state index is -1.04. The highest BCUT2D eigenvalue weighted by molar-refractivity contribution is 5.66. The molecule has 2 aromatic carbocycles. The van der Waals surface area contributed by atoms with Gasteiger partial charge in [-0.05, 0) is 30.0 Å². The summed E-state index contributed by atoms with van der Waals surface area (Å²) >= 11 is 0. The molecule has 1 aliphatic heterocycles. The van der Waals surface area contributed by atoms with Crippen molar-refractivity contribution in [3.63, 3.8) is 0 Å². The third-order valence-electron chi connectivity index (χ3n) is 4.68. The van der Waals surface area contributed by atoms with Gasteiger partial charge >= 0.3 is 6.09 Å². The average molecular weight is 329 g/mol. The lowest BCUT2D eigenvalue weighted by molar-refractivity contribution is 0.0577. The number of aliphatic hydroxyl groups excluding tert-OH is 1. The molecule has 0 bridgehead atoms. The van der Waals surface area contributed by atoms with Crippen molar-refractivity contribution in [1.82, 2.24) is 4.90 Å². The Kier molecular flexibility index (Phi) is 4.81. The minimum Gasteiger partial charge on any atom is -0.465 e. The topological polar surface area (TPSA) is 60.8 Å². The molecule has 0 aliphatic carbocycles. The van der Waals surface area contributed by atoms with Crippen LogP contribution in [0.25, 0.3) is 0 Å². The third kappa shape index (κ3) is 3.12. The molecule has 2 N–H and O–H groups in total. The van der Waals surface area contributed by atoms with Crippen molar-refractivity contribution in [1.29, 1.82) is 0 Å². The highest BCUT2D eigenvalue weighted by Crippen LogP contribution is 2.35. The molecule has 1 amide bonds. The molecule has 1 fully saturated rings. The maximum atomic E-state index is 14.4. The summed E-state index contributed by atoms with van der Waals surface area (Å²) in [6.07, 6.45) is -0.780. The maximum absolute atomic E-state index is 14.4. The molecule has 0 spiro atoms. The molecular formula is C19H20FNO3. The van der Waals surface area contributed by atoms with E-state index in [1.807, 2.05) is 30.3 Å². The van der Waals surface area contributed by atoms with Crippen LogP contribution in [0.4, 0.5) is 9.18 Å². The van der Waals surface area contributed by atoms with Crippen LogP contribution in [-0.2, 0) is 0 Å². The van der Waals surface area contributed by atoms with Gasteiger partial charge in [-0.3, -0.25) is 0 Å². The van der Waals surface area contributed by atoms with Crippen molar-refractivity contribution in [3.05, 3.63) is 71.5 Å². The second-order valence-electron chi connectivity index (χ2n) is 6.09. The Morgan fingerprint density at radius 1 is 1.12 bits per heavy atom. The summed E-state index contributed by atoms with van der Waals surface area (Å²) in [5.74, 6) is -1.01. The first-order chi connectivity index (χ1) is 11.6. The number of amides is 1. The van der Waals surface area contributed by atoms with Crippen LogP contribution >= 0.6 is 0 Å². The summed E-state index contributed by atoms with van der Waals surface area (Å²) in [5, 5.41) is 20.3. The number of hydrogen-bond acceptors (Lipinski definition) is 2. The number of benzene rings is 2. The van der Waals surface area contributed by atoms with E-state index in [1.54, 1.807) is 18.2 Å². The number of rotatable bonds is 4. The zero-order chi connectivity index (χ0) is 17.1. The Bertz CT molecular complexity index is 707. The number of carbonyl (C=O) groups is 1. The van der Waals surface area contributed by atoms with Crippen LogP contribution in [0.5, 0.6) is 0 Å². The van der Waals surface area contributed by atoms with Crippen molar-refractivity contribution in [2.24, 2.45) is 0 Å². The van der Waals surface area contributed by atoms with Crippen molar-refractivity contribution in [3.8, 4) is 0 Å². The Balaban J connectivity index is 2.02. The van der Waals surface area contributed by atoms with Gasteiger partial charge in [-0.25, -0.2) is 9.18 Å². The maximum Gasteiger partial charge on any atom is 0.407 e. The van der Waals surface area contributed by atoms with Gasteiger partial charge < -0.3 is 15.1 Å². The van der Waals surface area contributed by atoms with Crippen LogP contribution in [0.2, 0.25) is 0 Å². The summed E-state index contributed by atoms with van der Waals surface area (Å²) in [5.41, 5.74) is 1.15. The van der Waals surface area contributed by atoms with E-state index in [-0.39, 0.29) is 0 Å². The molecule has 2 unspecified atom stereocenters. The molecule has 0 radical (unpaired) electrons. The van der Waals surface area contributed by atoms with Crippen molar-refractivity contribution < 1.29 is 19.4 Å². The van der Waals surface area contributed by atoms with Gasteiger partial charge in [0.25, 0.3) is 0 Å². The monoisotopic (exact) mass is 329 g/mol. The SMILES string of the molecule is O=C(O)N1CCC[C@@H]1C(O)C(c1ccccc1)c1ccccc1F. The molecule has 1 saturated heterocycles. The van der Waals surface area contributed by atoms with Crippen LogP contribution in [0.3, 0.4) is 0 Å². The van der Waals surface area contributed by atoms with Crippen LogP contribution in [0.1, 0.15) is 29.9 Å². The standard InChI is InChI=1S/C19H20FNO3/c20-15-10-5-4-9-14(15)17(13-7-2-1-3-8-13)18(22)16-11-6-12-21(16)19(23)24/h1-5,7-10,16-18,22H,6,11-12H2,(H,23,24)/t16-,17?,18?/m1/s1. The Morgan fingerprint density at radius 2 is 1.79 bits per heavy atom. The largest absolute Gasteiger partial charge is 0.465 e. The highest BCUT2D eigenvalue weighted by atomic mass is 19.1. The van der Waals surface area contributed by atoms with Gasteiger partial charge in [0.1, 0.15) is 5.82 Å². The Labute approximate surface area is 140 Å². The van der Waals surface area contributed by atoms with Gasteiger partial charge in [-0.2, -0.15) is 0 Å². The molecular weight excluding hydrogens is 309 g/mol. The second kappa shape index (κ2) is 7.01. The first kappa shape index (κ1) is 16.5. The molecule has 0 saturated carbocycles. The second-order valence-corrected chi connectivity index (χ2v) is 6.09. The Hall–Kier alpha value is -2.40. The Morgan fingerprint density at radius 3 is 2.46 bits per heavy atom. The summed E-state index contributed by atoms with van der Waals surface area (Å²) < 4.78 is 14.4. The fourth-order valence-electron chi connectivity index (χ4n) is 3.56. The predicted octanol–water partition coefficient (Wildman–Crippen LogP) is 3.46. The predicted molar refractivity (Wildman–Crippen MR) is 88.4 cm³/mol. The fraction of sp³-hybridized carbons (Fsp3) is 0.316. The number of likely N-dealkylation sites (tertiary alicyclic amines) is 1. The molecule has 0 aromatic heterocycles. The van der Waals surface area contributed by atoms with E-state index in [0.29, 0.717) is 24.9 Å². The fourth-order valence-corrected chi connectivity index (χ4v) is 3.56.